The van der Waals surface area contributed by atoms with Crippen molar-refractivity contribution >= 4 is 54.7 Å². The predicted octanol–water partition coefficient (Wildman–Crippen LogP) is 6.65. The van der Waals surface area contributed by atoms with Crippen molar-refractivity contribution in [1.82, 2.24) is 83.9 Å². The average molecular weight is 856 g/mol. The van der Waals surface area contributed by atoms with Crippen LogP contribution in [0.2, 0.25) is 0 Å². The first-order valence-corrected chi connectivity index (χ1v) is 23.5. The maximum absolute atomic E-state index is 9.59. The molecule has 0 aliphatic carbocycles. The second-order valence-electron chi connectivity index (χ2n) is 13.9. The SMILES string of the molecule is CCn1cc(-c2cnc3nnn(Cc4ccc5ncccc5c4)c3n2)cn1.CCn1cc(-c2cnc3nnn(Cc4ccc5nccn5c4)c3n2)cn1.C[P+](C)=O.C[P+](C)=O. The second kappa shape index (κ2) is 19.3. The molecule has 19 nitrogen and oxygen atoms in total. The molecule has 308 valence electrons. The molecule has 0 radical (unpaired) electrons. The zero-order valence-corrected chi connectivity index (χ0v) is 36.2. The summed E-state index contributed by atoms with van der Waals surface area (Å²) in [4.78, 5) is 26.8. The van der Waals surface area contributed by atoms with Crippen molar-refractivity contribution < 1.29 is 9.13 Å². The Balaban J connectivity index is 0.000000157. The molecular weight excluding hydrogens is 813 g/mol. The summed E-state index contributed by atoms with van der Waals surface area (Å²) in [6, 6.07) is 14.2. The van der Waals surface area contributed by atoms with E-state index in [1.54, 1.807) is 73.2 Å². The van der Waals surface area contributed by atoms with Crippen LogP contribution in [0.3, 0.4) is 0 Å². The van der Waals surface area contributed by atoms with Gasteiger partial charge in [-0.2, -0.15) is 10.2 Å². The fourth-order valence-electron chi connectivity index (χ4n) is 5.97. The maximum Gasteiger partial charge on any atom is 0.332 e. The van der Waals surface area contributed by atoms with E-state index < -0.39 is 15.6 Å². The van der Waals surface area contributed by atoms with Crippen LogP contribution in [0, 0.1) is 0 Å². The van der Waals surface area contributed by atoms with Gasteiger partial charge in [-0.05, 0) is 49.2 Å². The Kier molecular flexibility index (Phi) is 13.3. The minimum absolute atomic E-state index is 0.528. The molecule has 0 saturated carbocycles. The monoisotopic (exact) mass is 855 g/mol. The van der Waals surface area contributed by atoms with Crippen LogP contribution in [0.15, 0.2) is 104 Å². The van der Waals surface area contributed by atoms with Gasteiger partial charge in [0.05, 0.1) is 54.8 Å². The molecule has 10 aromatic rings. The number of fused-ring (bicyclic) bond motifs is 4. The standard InChI is InChI=1S/C19H16N8.C17H15N9.2C2H6OP/c1-2-26-12-15(9-22-26)17-10-21-18-19(23-17)27(25-24-18)11-13-5-6-16-14(8-13)4-3-7-20-16;1-2-25-11-13(7-20-25)14-8-19-16-17(21-14)26(23-22-16)10-12-3-4-15-18-5-6-24(15)9-12;2*1-4(2)3/h3-10,12H,2,11H2,1H3;3-9,11H,2,10H2,1H3;2*1-2H3/q;;2*+1. The molecule has 10 rings (SSSR count). The Morgan fingerprint density at radius 2 is 1.16 bits per heavy atom. The van der Waals surface area contributed by atoms with Crippen LogP contribution in [0.4, 0.5) is 0 Å². The summed E-state index contributed by atoms with van der Waals surface area (Å²) in [5, 5.41) is 26.4. The summed E-state index contributed by atoms with van der Waals surface area (Å²) in [6.45, 7) is 13.5. The van der Waals surface area contributed by atoms with Crippen molar-refractivity contribution in [2.45, 2.75) is 40.0 Å². The highest BCUT2D eigenvalue weighted by Crippen LogP contribution is 2.21. The highest BCUT2D eigenvalue weighted by Gasteiger charge is 2.14. The van der Waals surface area contributed by atoms with E-state index in [0.29, 0.717) is 35.7 Å². The lowest BCUT2D eigenvalue weighted by Crippen LogP contribution is -2.04. The minimum Gasteiger partial charge on any atom is -0.307 e. The molecule has 0 spiro atoms. The molecule has 0 fully saturated rings. The smallest absolute Gasteiger partial charge is 0.307 e. The van der Waals surface area contributed by atoms with Crippen LogP contribution in [0.5, 0.6) is 0 Å². The summed E-state index contributed by atoms with van der Waals surface area (Å²) < 4.78 is 28.4. The summed E-state index contributed by atoms with van der Waals surface area (Å²) in [7, 11) is -1.74. The third kappa shape index (κ3) is 10.6. The molecule has 0 N–H and O–H groups in total. The Hall–Kier alpha value is -7.10. The number of hydrogen-bond donors (Lipinski definition) is 0. The molecule has 0 aliphatic rings. The van der Waals surface area contributed by atoms with E-state index in [2.05, 4.69) is 62.9 Å². The molecule has 0 atom stereocenters. The van der Waals surface area contributed by atoms with E-state index >= 15 is 0 Å². The highest BCUT2D eigenvalue weighted by atomic mass is 31.1. The van der Waals surface area contributed by atoms with Crippen LogP contribution in [0.25, 0.3) is 61.7 Å². The molecule has 0 bridgehead atoms. The van der Waals surface area contributed by atoms with Gasteiger partial charge in [-0.25, -0.2) is 34.3 Å². The third-order valence-corrected chi connectivity index (χ3v) is 8.74. The number of hydrogen-bond acceptors (Lipinski definition) is 14. The topological polar surface area (TPSA) is 213 Å². The van der Waals surface area contributed by atoms with Gasteiger partial charge in [0.2, 0.25) is 11.3 Å². The maximum atomic E-state index is 9.59. The van der Waals surface area contributed by atoms with Gasteiger partial charge in [-0.15, -0.1) is 10.2 Å². The molecule has 9 aromatic heterocycles. The molecule has 1 aromatic carbocycles. The largest absolute Gasteiger partial charge is 0.332 e. The number of aryl methyl sites for hydroxylation is 2. The molecule has 0 unspecified atom stereocenters. The van der Waals surface area contributed by atoms with Gasteiger partial charge >= 0.3 is 15.6 Å². The first kappa shape index (κ1) is 42.0. The van der Waals surface area contributed by atoms with E-state index in [-0.39, 0.29) is 0 Å². The lowest BCUT2D eigenvalue weighted by atomic mass is 10.1. The van der Waals surface area contributed by atoms with Gasteiger partial charge in [0.1, 0.15) is 32.3 Å². The van der Waals surface area contributed by atoms with Gasteiger partial charge in [0.25, 0.3) is 0 Å². The quantitative estimate of drug-likeness (QED) is 0.147. The summed E-state index contributed by atoms with van der Waals surface area (Å²) in [5.41, 5.74) is 9.79. The first-order valence-electron chi connectivity index (χ1n) is 19.2. The average Bonchev–Trinajstić information content (AvgIpc) is 4.12. The van der Waals surface area contributed by atoms with Crippen molar-refractivity contribution in [3.63, 3.8) is 0 Å². The fourth-order valence-corrected chi connectivity index (χ4v) is 5.97. The normalized spacial score (nSPS) is 10.9. The van der Waals surface area contributed by atoms with Gasteiger partial charge in [-0.3, -0.25) is 14.3 Å². The van der Waals surface area contributed by atoms with E-state index in [1.165, 1.54) is 0 Å². The third-order valence-electron chi connectivity index (χ3n) is 8.74. The van der Waals surface area contributed by atoms with Crippen molar-refractivity contribution in [3.8, 4) is 22.5 Å². The number of nitrogens with zero attached hydrogens (tertiary/aromatic N) is 17. The van der Waals surface area contributed by atoms with Crippen LogP contribution >= 0.6 is 15.6 Å². The molecule has 0 amide bonds. The zero-order valence-electron chi connectivity index (χ0n) is 34.5. The Morgan fingerprint density at radius 1 is 0.607 bits per heavy atom. The van der Waals surface area contributed by atoms with Crippen molar-refractivity contribution in [1.29, 1.82) is 0 Å². The number of pyridine rings is 2. The predicted molar refractivity (Wildman–Crippen MR) is 234 cm³/mol. The lowest BCUT2D eigenvalue weighted by molar-refractivity contribution is 0.593. The summed E-state index contributed by atoms with van der Waals surface area (Å²) in [6.07, 6.45) is 18.4. The van der Waals surface area contributed by atoms with Crippen LogP contribution in [-0.2, 0) is 35.3 Å². The molecule has 9 heterocycles. The molecule has 0 saturated heterocycles. The van der Waals surface area contributed by atoms with E-state index in [1.807, 2.05) is 82.7 Å². The van der Waals surface area contributed by atoms with Crippen LogP contribution in [-0.4, -0.2) is 111 Å². The van der Waals surface area contributed by atoms with Gasteiger partial charge in [-0.1, -0.05) is 37.8 Å². The lowest BCUT2D eigenvalue weighted by Gasteiger charge is -2.04. The fraction of sp³-hybridized carbons (Fsp3) is 0.250. The van der Waals surface area contributed by atoms with Crippen molar-refractivity contribution in [2.24, 2.45) is 0 Å². The van der Waals surface area contributed by atoms with Crippen LogP contribution < -0.4 is 0 Å². The van der Waals surface area contributed by atoms with Crippen LogP contribution in [0.1, 0.15) is 25.0 Å². The molecule has 0 aliphatic heterocycles. The van der Waals surface area contributed by atoms with Crippen molar-refractivity contribution in [2.75, 3.05) is 26.7 Å². The van der Waals surface area contributed by atoms with E-state index in [4.69, 9.17) is 9.97 Å². The number of rotatable bonds is 8. The van der Waals surface area contributed by atoms with Crippen molar-refractivity contribution in [3.05, 3.63) is 116 Å². The number of imidazole rings is 1. The van der Waals surface area contributed by atoms with Gasteiger partial charge in [0, 0.05) is 66.8 Å². The Labute approximate surface area is 351 Å². The number of aromatic nitrogens is 17. The Morgan fingerprint density at radius 3 is 1.72 bits per heavy atom. The first-order chi connectivity index (χ1) is 29.6. The molecular formula is C40H43N17O2P2+2. The summed E-state index contributed by atoms with van der Waals surface area (Å²) >= 11 is 0. The number of benzene rings is 1. The summed E-state index contributed by atoms with van der Waals surface area (Å²) in [5.74, 6) is 0. The second-order valence-corrected chi connectivity index (χ2v) is 17.1. The highest BCUT2D eigenvalue weighted by molar-refractivity contribution is 7.42. The Bertz CT molecular complexity index is 3070. The van der Waals surface area contributed by atoms with Gasteiger partial charge in [0.15, 0.2) is 11.3 Å². The minimum atomic E-state index is -0.870. The van der Waals surface area contributed by atoms with Gasteiger partial charge < -0.3 is 4.40 Å². The van der Waals surface area contributed by atoms with E-state index in [9.17, 15) is 9.13 Å². The molecule has 21 heteroatoms. The molecule has 61 heavy (non-hydrogen) atoms. The zero-order chi connectivity index (χ0) is 42.9. The van der Waals surface area contributed by atoms with E-state index in [0.717, 1.165) is 63.3 Å².